The molecule has 0 aromatic heterocycles. The Bertz CT molecular complexity index is 544. The molecule has 1 aliphatic carbocycles. The molecule has 0 saturated heterocycles. The molecular weight excluding hydrogens is 294 g/mol. The number of hydrogen-bond acceptors (Lipinski definition) is 4. The third kappa shape index (κ3) is 4.03. The number of esters is 1. The largest absolute Gasteiger partial charge is 0.461 e. The Morgan fingerprint density at radius 3 is 2.70 bits per heavy atom. The van der Waals surface area contributed by atoms with Crippen molar-refractivity contribution in [3.05, 3.63) is 37.0 Å². The average Bonchev–Trinajstić information content (AvgIpc) is 2.69. The first-order valence-electron chi connectivity index (χ1n) is 7.87. The molecule has 126 valence electrons. The summed E-state index contributed by atoms with van der Waals surface area (Å²) in [6, 6.07) is -0.375. The first-order chi connectivity index (χ1) is 10.7. The van der Waals surface area contributed by atoms with E-state index in [1.54, 1.807) is 32.9 Å². The van der Waals surface area contributed by atoms with E-state index < -0.39 is 17.6 Å². The van der Waals surface area contributed by atoms with Crippen molar-refractivity contribution in [1.29, 1.82) is 0 Å². The van der Waals surface area contributed by atoms with Gasteiger partial charge in [0.25, 0.3) is 0 Å². The van der Waals surface area contributed by atoms with E-state index >= 15 is 0 Å². The summed E-state index contributed by atoms with van der Waals surface area (Å²) < 4.78 is 10.6. The highest BCUT2D eigenvalue weighted by Gasteiger charge is 2.48. The van der Waals surface area contributed by atoms with Crippen LogP contribution in [0, 0.1) is 17.8 Å². The van der Waals surface area contributed by atoms with Gasteiger partial charge in [0, 0.05) is 0 Å². The lowest BCUT2D eigenvalue weighted by atomic mass is 9.92. The molecule has 0 aromatic rings. The molecule has 1 amide bonds. The average molecular weight is 319 g/mol. The molecule has 2 aliphatic rings. The molecule has 1 fully saturated rings. The Hall–Kier alpha value is -2.04. The van der Waals surface area contributed by atoms with Crippen molar-refractivity contribution >= 4 is 12.1 Å². The molecule has 0 unspecified atom stereocenters. The number of fused-ring (bicyclic) bond motifs is 1. The number of carbonyl (C=O) groups excluding carboxylic acids is 2. The number of ether oxygens (including phenoxy) is 2. The van der Waals surface area contributed by atoms with E-state index in [-0.39, 0.29) is 30.5 Å². The molecule has 2 rings (SSSR count). The van der Waals surface area contributed by atoms with Crippen molar-refractivity contribution in [1.82, 2.24) is 5.32 Å². The molecule has 5 heteroatoms. The second-order valence-electron chi connectivity index (χ2n) is 7.05. The molecule has 1 aliphatic heterocycles. The van der Waals surface area contributed by atoms with Gasteiger partial charge in [-0.1, -0.05) is 24.8 Å². The van der Waals surface area contributed by atoms with Crippen LogP contribution in [-0.2, 0) is 14.3 Å². The fraction of sp³-hybridized carbons (Fsp3) is 0.556. The second kappa shape index (κ2) is 6.60. The number of carbonyl (C=O) groups is 2. The summed E-state index contributed by atoms with van der Waals surface area (Å²) in [5.41, 5.74) is 0.303. The molecule has 1 N–H and O–H groups in total. The maximum atomic E-state index is 12.4. The Morgan fingerprint density at radius 1 is 1.43 bits per heavy atom. The topological polar surface area (TPSA) is 64.6 Å². The Labute approximate surface area is 137 Å². The van der Waals surface area contributed by atoms with Crippen LogP contribution in [0.15, 0.2) is 37.0 Å². The van der Waals surface area contributed by atoms with Crippen LogP contribution in [0.25, 0.3) is 0 Å². The van der Waals surface area contributed by atoms with E-state index in [1.165, 1.54) is 0 Å². The predicted octanol–water partition coefficient (Wildman–Crippen LogP) is 2.99. The minimum atomic E-state index is -0.592. The zero-order valence-corrected chi connectivity index (χ0v) is 14.0. The van der Waals surface area contributed by atoms with Gasteiger partial charge < -0.3 is 14.8 Å². The van der Waals surface area contributed by atoms with Crippen molar-refractivity contribution < 1.29 is 19.1 Å². The third-order valence-corrected chi connectivity index (χ3v) is 4.18. The van der Waals surface area contributed by atoms with Crippen LogP contribution in [0.1, 0.15) is 27.2 Å². The zero-order valence-electron chi connectivity index (χ0n) is 14.0. The van der Waals surface area contributed by atoms with Gasteiger partial charge in [-0.3, -0.25) is 4.79 Å². The lowest BCUT2D eigenvalue weighted by molar-refractivity contribution is -0.148. The molecule has 23 heavy (non-hydrogen) atoms. The fourth-order valence-electron chi connectivity index (χ4n) is 3.22. The first-order valence-corrected chi connectivity index (χ1v) is 7.87. The van der Waals surface area contributed by atoms with Crippen LogP contribution in [0.3, 0.4) is 0 Å². The molecule has 5 nitrogen and oxygen atoms in total. The van der Waals surface area contributed by atoms with E-state index in [9.17, 15) is 9.59 Å². The summed E-state index contributed by atoms with van der Waals surface area (Å²) in [4.78, 5) is 24.5. The summed E-state index contributed by atoms with van der Waals surface area (Å²) in [6.45, 7) is 13.2. The maximum absolute atomic E-state index is 12.4. The minimum Gasteiger partial charge on any atom is -0.461 e. The lowest BCUT2D eigenvalue weighted by Crippen LogP contribution is -2.46. The Morgan fingerprint density at radius 2 is 2.13 bits per heavy atom. The number of amides is 1. The first kappa shape index (κ1) is 17.3. The number of rotatable bonds is 3. The zero-order chi connectivity index (χ0) is 17.2. The van der Waals surface area contributed by atoms with Gasteiger partial charge >= 0.3 is 12.1 Å². The SMILES string of the molecule is C=CC1=C[C@H]2C[C@@H](C=C)[C@@H](NC(=O)OC(C)(C)C)[C@H]2C(=O)OC1. The minimum absolute atomic E-state index is 0.000867. The quantitative estimate of drug-likeness (QED) is 0.641. The van der Waals surface area contributed by atoms with Crippen LogP contribution in [0.5, 0.6) is 0 Å². The Kier molecular flexibility index (Phi) is 4.97. The highest BCUT2D eigenvalue weighted by atomic mass is 16.6. The number of nitrogens with one attached hydrogen (secondary N) is 1. The summed E-state index contributed by atoms with van der Waals surface area (Å²) in [5, 5.41) is 2.84. The third-order valence-electron chi connectivity index (χ3n) is 4.18. The smallest absolute Gasteiger partial charge is 0.407 e. The molecular formula is C18H25NO4. The summed E-state index contributed by atoms with van der Waals surface area (Å²) in [6.07, 6.45) is 5.72. The van der Waals surface area contributed by atoms with Crippen LogP contribution >= 0.6 is 0 Å². The van der Waals surface area contributed by atoms with Crippen LogP contribution in [0.2, 0.25) is 0 Å². The Balaban J connectivity index is 2.21. The molecule has 4 atom stereocenters. The van der Waals surface area contributed by atoms with Crippen LogP contribution in [-0.4, -0.2) is 30.3 Å². The molecule has 0 aromatic carbocycles. The van der Waals surface area contributed by atoms with Gasteiger partial charge in [-0.25, -0.2) is 4.79 Å². The summed E-state index contributed by atoms with van der Waals surface area (Å²) in [7, 11) is 0. The molecule has 1 saturated carbocycles. The van der Waals surface area contributed by atoms with E-state index in [0.29, 0.717) is 0 Å². The maximum Gasteiger partial charge on any atom is 0.407 e. The van der Waals surface area contributed by atoms with Gasteiger partial charge in [0.2, 0.25) is 0 Å². The molecule has 0 radical (unpaired) electrons. The normalized spacial score (nSPS) is 30.4. The summed E-state index contributed by atoms with van der Waals surface area (Å²) >= 11 is 0. The van der Waals surface area contributed by atoms with Crippen LogP contribution in [0.4, 0.5) is 4.79 Å². The second-order valence-corrected chi connectivity index (χ2v) is 7.05. The van der Waals surface area contributed by atoms with Gasteiger partial charge in [-0.05, 0) is 44.6 Å². The highest BCUT2D eigenvalue weighted by molar-refractivity contribution is 5.77. The van der Waals surface area contributed by atoms with Crippen molar-refractivity contribution in [2.24, 2.45) is 17.8 Å². The monoisotopic (exact) mass is 319 g/mol. The number of alkyl carbamates (subject to hydrolysis) is 1. The number of allylic oxidation sites excluding steroid dienone is 1. The van der Waals surface area contributed by atoms with E-state index in [1.807, 2.05) is 6.08 Å². The van der Waals surface area contributed by atoms with Crippen LogP contribution < -0.4 is 5.32 Å². The van der Waals surface area contributed by atoms with Crippen molar-refractivity contribution in [2.45, 2.75) is 38.8 Å². The van der Waals surface area contributed by atoms with Crippen molar-refractivity contribution in [3.8, 4) is 0 Å². The lowest BCUT2D eigenvalue weighted by Gasteiger charge is -2.26. The van der Waals surface area contributed by atoms with E-state index in [2.05, 4.69) is 18.5 Å². The van der Waals surface area contributed by atoms with Gasteiger partial charge in [-0.15, -0.1) is 6.58 Å². The predicted molar refractivity (Wildman–Crippen MR) is 87.7 cm³/mol. The fourth-order valence-corrected chi connectivity index (χ4v) is 3.22. The van der Waals surface area contributed by atoms with Gasteiger partial charge in [-0.2, -0.15) is 0 Å². The summed E-state index contributed by atoms with van der Waals surface area (Å²) in [5.74, 6) is -0.733. The molecule has 0 bridgehead atoms. The van der Waals surface area contributed by atoms with Gasteiger partial charge in [0.15, 0.2) is 0 Å². The highest BCUT2D eigenvalue weighted by Crippen LogP contribution is 2.41. The van der Waals surface area contributed by atoms with Gasteiger partial charge in [0.05, 0.1) is 12.0 Å². The standard InChI is InChI=1S/C18H25NO4/c1-6-11-8-13-9-12(7-2)15(14(13)16(20)22-10-11)19-17(21)23-18(3,4)5/h6-8,12-15H,1-2,9-10H2,3-5H3,(H,19,21)/t12-,13+,14+,15-/m1/s1. The van der Waals surface area contributed by atoms with Gasteiger partial charge in [0.1, 0.15) is 12.2 Å². The van der Waals surface area contributed by atoms with Crippen molar-refractivity contribution in [2.75, 3.05) is 6.61 Å². The molecule has 1 heterocycles. The van der Waals surface area contributed by atoms with E-state index in [4.69, 9.17) is 9.47 Å². The van der Waals surface area contributed by atoms with Crippen molar-refractivity contribution in [3.63, 3.8) is 0 Å². The molecule has 0 spiro atoms. The number of cyclic esters (lactones) is 1. The van der Waals surface area contributed by atoms with E-state index in [0.717, 1.165) is 12.0 Å². The number of hydrogen-bond donors (Lipinski definition) is 1.